The van der Waals surface area contributed by atoms with E-state index in [-0.39, 0.29) is 6.42 Å². The van der Waals surface area contributed by atoms with Crippen molar-refractivity contribution in [2.24, 2.45) is 4.99 Å². The molecule has 0 atom stereocenters. The molecule has 0 radical (unpaired) electrons. The van der Waals surface area contributed by atoms with Crippen LogP contribution in [0.1, 0.15) is 32.1 Å². The predicted molar refractivity (Wildman–Crippen MR) is 59.8 cm³/mol. The van der Waals surface area contributed by atoms with Crippen molar-refractivity contribution >= 4 is 5.71 Å². The van der Waals surface area contributed by atoms with Crippen molar-refractivity contribution in [2.75, 3.05) is 0 Å². The van der Waals surface area contributed by atoms with E-state index in [1.165, 1.54) is 6.08 Å². The zero-order chi connectivity index (χ0) is 12.0. The summed E-state index contributed by atoms with van der Waals surface area (Å²) in [6.07, 6.45) is 2.35. The van der Waals surface area contributed by atoms with E-state index in [9.17, 15) is 13.2 Å². The third-order valence-corrected chi connectivity index (χ3v) is 3.52. The molecule has 0 spiro atoms. The van der Waals surface area contributed by atoms with Gasteiger partial charge in [-0.2, -0.15) is 13.2 Å². The highest BCUT2D eigenvalue weighted by atomic mass is 19.4. The van der Waals surface area contributed by atoms with E-state index >= 15 is 0 Å². The molecule has 0 fully saturated rings. The van der Waals surface area contributed by atoms with Crippen molar-refractivity contribution < 1.29 is 13.2 Å². The van der Waals surface area contributed by atoms with Crippen molar-refractivity contribution in [1.29, 1.82) is 0 Å². The van der Waals surface area contributed by atoms with Crippen LogP contribution in [0.4, 0.5) is 13.2 Å². The lowest BCUT2D eigenvalue weighted by atomic mass is 9.87. The van der Waals surface area contributed by atoms with Crippen molar-refractivity contribution in [3.05, 3.63) is 34.6 Å². The minimum absolute atomic E-state index is 0.00894. The molecule has 3 rings (SSSR count). The molecule has 0 bridgehead atoms. The van der Waals surface area contributed by atoms with E-state index in [2.05, 4.69) is 4.99 Å². The topological polar surface area (TPSA) is 12.4 Å². The molecule has 2 aliphatic carbocycles. The van der Waals surface area contributed by atoms with Crippen LogP contribution in [-0.2, 0) is 0 Å². The molecule has 1 aliphatic heterocycles. The Bertz CT molecular complexity index is 489. The number of hydrogen-bond donors (Lipinski definition) is 0. The number of alkyl halides is 3. The third-order valence-electron chi connectivity index (χ3n) is 3.52. The molecule has 17 heavy (non-hydrogen) atoms. The zero-order valence-corrected chi connectivity index (χ0v) is 9.27. The van der Waals surface area contributed by atoms with Crippen LogP contribution >= 0.6 is 0 Å². The molecule has 0 saturated heterocycles. The molecule has 90 valence electrons. The third kappa shape index (κ3) is 1.75. The molecule has 1 heterocycles. The van der Waals surface area contributed by atoms with Crippen molar-refractivity contribution in [3.63, 3.8) is 0 Å². The van der Waals surface area contributed by atoms with Gasteiger partial charge in [0.05, 0.1) is 5.70 Å². The monoisotopic (exact) mass is 239 g/mol. The average molecular weight is 239 g/mol. The fourth-order valence-electron chi connectivity index (χ4n) is 2.65. The second-order valence-electron chi connectivity index (χ2n) is 4.61. The summed E-state index contributed by atoms with van der Waals surface area (Å²) in [5.41, 5.74) is 3.26. The molecule has 0 aromatic heterocycles. The van der Waals surface area contributed by atoms with Gasteiger partial charge in [-0.1, -0.05) is 12.2 Å². The minimum atomic E-state index is -4.19. The Balaban J connectivity index is 1.99. The van der Waals surface area contributed by atoms with Crippen LogP contribution in [0.5, 0.6) is 0 Å². The van der Waals surface area contributed by atoms with Gasteiger partial charge >= 0.3 is 6.18 Å². The van der Waals surface area contributed by atoms with Crippen molar-refractivity contribution in [3.8, 4) is 0 Å². The average Bonchev–Trinajstić information content (AvgIpc) is 2.65. The van der Waals surface area contributed by atoms with Crippen LogP contribution in [0.3, 0.4) is 0 Å². The molecule has 0 saturated carbocycles. The number of allylic oxidation sites excluding steroid dienone is 5. The van der Waals surface area contributed by atoms with Crippen LogP contribution in [0.15, 0.2) is 39.6 Å². The SMILES string of the molecule is FC(F)(F)C1=CCC2=NC3=CCCCC3=C2C1. The van der Waals surface area contributed by atoms with Gasteiger partial charge in [0, 0.05) is 24.1 Å². The van der Waals surface area contributed by atoms with E-state index < -0.39 is 11.7 Å². The number of halogens is 3. The normalized spacial score (nSPS) is 23.8. The Labute approximate surface area is 97.4 Å². The van der Waals surface area contributed by atoms with E-state index in [1.807, 2.05) is 6.08 Å². The van der Waals surface area contributed by atoms with Gasteiger partial charge in [0.25, 0.3) is 0 Å². The van der Waals surface area contributed by atoms with Gasteiger partial charge in [0.2, 0.25) is 0 Å². The largest absolute Gasteiger partial charge is 0.412 e. The van der Waals surface area contributed by atoms with E-state index in [0.717, 1.165) is 41.8 Å². The summed E-state index contributed by atoms with van der Waals surface area (Å²) in [7, 11) is 0. The lowest BCUT2D eigenvalue weighted by molar-refractivity contribution is -0.0934. The molecule has 1 nitrogen and oxygen atoms in total. The standard InChI is InChI=1S/C13H12F3N/c14-13(15,16)8-5-6-12-10(7-8)9-3-1-2-4-11(9)17-12/h4-5H,1-3,6-7H2. The molecule has 0 N–H and O–H groups in total. The fraction of sp³-hybridized carbons (Fsp3) is 0.462. The summed E-state index contributed by atoms with van der Waals surface area (Å²) < 4.78 is 38.0. The van der Waals surface area contributed by atoms with E-state index in [1.54, 1.807) is 0 Å². The first-order valence-corrected chi connectivity index (χ1v) is 5.82. The molecule has 0 aromatic rings. The summed E-state index contributed by atoms with van der Waals surface area (Å²) in [5.74, 6) is 0. The quantitative estimate of drug-likeness (QED) is 0.564. The number of aliphatic imine (C=N–C) groups is 1. The first-order valence-electron chi connectivity index (χ1n) is 5.82. The highest BCUT2D eigenvalue weighted by Gasteiger charge is 2.38. The number of hydrogen-bond acceptors (Lipinski definition) is 1. The second kappa shape index (κ2) is 3.59. The maximum Gasteiger partial charge on any atom is 0.412 e. The smallest absolute Gasteiger partial charge is 0.253 e. The molecular weight excluding hydrogens is 227 g/mol. The molecule has 4 heteroatoms. The number of nitrogens with zero attached hydrogens (tertiary/aromatic N) is 1. The number of rotatable bonds is 0. The summed E-state index contributed by atoms with van der Waals surface area (Å²) in [5, 5.41) is 0. The highest BCUT2D eigenvalue weighted by molar-refractivity contribution is 6.07. The predicted octanol–water partition coefficient (Wildman–Crippen LogP) is 4.09. The first-order chi connectivity index (χ1) is 8.05. The van der Waals surface area contributed by atoms with E-state index in [4.69, 9.17) is 0 Å². The second-order valence-corrected chi connectivity index (χ2v) is 4.61. The molecule has 0 aromatic carbocycles. The highest BCUT2D eigenvalue weighted by Crippen LogP contribution is 2.42. The zero-order valence-electron chi connectivity index (χ0n) is 9.27. The van der Waals surface area contributed by atoms with Gasteiger partial charge in [-0.25, -0.2) is 0 Å². The van der Waals surface area contributed by atoms with Crippen LogP contribution in [0.2, 0.25) is 0 Å². The lowest BCUT2D eigenvalue weighted by Gasteiger charge is -2.19. The Morgan fingerprint density at radius 1 is 1.12 bits per heavy atom. The van der Waals surface area contributed by atoms with E-state index in [0.29, 0.717) is 6.42 Å². The lowest BCUT2D eigenvalue weighted by Crippen LogP contribution is -2.18. The fourth-order valence-corrected chi connectivity index (χ4v) is 2.65. The Morgan fingerprint density at radius 3 is 2.71 bits per heavy atom. The van der Waals surface area contributed by atoms with Crippen LogP contribution < -0.4 is 0 Å². The molecule has 3 aliphatic rings. The van der Waals surface area contributed by atoms with Crippen LogP contribution in [0.25, 0.3) is 0 Å². The maximum absolute atomic E-state index is 12.7. The molecule has 0 unspecified atom stereocenters. The molecular formula is C13H12F3N. The first kappa shape index (κ1) is 10.8. The van der Waals surface area contributed by atoms with Crippen LogP contribution in [0, 0.1) is 0 Å². The van der Waals surface area contributed by atoms with Gasteiger partial charge in [0.1, 0.15) is 0 Å². The Hall–Kier alpha value is -1.32. The van der Waals surface area contributed by atoms with Crippen molar-refractivity contribution in [2.45, 2.75) is 38.3 Å². The Morgan fingerprint density at radius 2 is 1.94 bits per heavy atom. The van der Waals surface area contributed by atoms with Gasteiger partial charge in [0.15, 0.2) is 0 Å². The summed E-state index contributed by atoms with van der Waals surface area (Å²) in [6, 6.07) is 0. The summed E-state index contributed by atoms with van der Waals surface area (Å²) >= 11 is 0. The minimum Gasteiger partial charge on any atom is -0.253 e. The summed E-state index contributed by atoms with van der Waals surface area (Å²) in [4.78, 5) is 4.44. The van der Waals surface area contributed by atoms with Gasteiger partial charge in [-0.3, -0.25) is 4.99 Å². The number of fused-ring (bicyclic) bond motifs is 2. The Kier molecular flexibility index (Phi) is 2.28. The van der Waals surface area contributed by atoms with Crippen molar-refractivity contribution in [1.82, 2.24) is 0 Å². The maximum atomic E-state index is 12.7. The molecule has 0 amide bonds. The van der Waals surface area contributed by atoms with Gasteiger partial charge in [-0.15, -0.1) is 0 Å². The van der Waals surface area contributed by atoms with Crippen LogP contribution in [-0.4, -0.2) is 11.9 Å². The summed E-state index contributed by atoms with van der Waals surface area (Å²) in [6.45, 7) is 0. The van der Waals surface area contributed by atoms with Gasteiger partial charge in [-0.05, 0) is 30.4 Å². The van der Waals surface area contributed by atoms with Gasteiger partial charge < -0.3 is 0 Å².